The van der Waals surface area contributed by atoms with Crippen LogP contribution in [0.1, 0.15) is 47.1 Å². The molecule has 0 N–H and O–H groups in total. The fraction of sp³-hybridized carbons (Fsp3) is 0.571. The summed E-state index contributed by atoms with van der Waals surface area (Å²) in [7, 11) is -6.26. The Labute approximate surface area is 171 Å². The van der Waals surface area contributed by atoms with E-state index < -0.39 is 36.4 Å². The number of sulfonamides is 1. The molecule has 1 aromatic rings. The fourth-order valence-electron chi connectivity index (χ4n) is 4.53. The molecule has 0 spiro atoms. The predicted octanol–water partition coefficient (Wildman–Crippen LogP) is 4.64. The van der Waals surface area contributed by atoms with Crippen molar-refractivity contribution in [3.05, 3.63) is 42.5 Å². The molecule has 0 bridgehead atoms. The third-order valence-electron chi connectivity index (χ3n) is 5.90. The maximum Gasteiger partial charge on any atom is 0.267 e. The van der Waals surface area contributed by atoms with E-state index in [4.69, 9.17) is 4.43 Å². The third kappa shape index (κ3) is 3.60. The smallest absolute Gasteiger partial charge is 0.267 e. The van der Waals surface area contributed by atoms with Crippen LogP contribution in [0.25, 0.3) is 0 Å². The second-order valence-corrected chi connectivity index (χ2v) is 15.8. The number of hydrogen-bond donors (Lipinski definition) is 0. The van der Waals surface area contributed by atoms with Crippen LogP contribution in [0.3, 0.4) is 0 Å². The molecule has 1 heterocycles. The van der Waals surface area contributed by atoms with E-state index in [0.29, 0.717) is 16.6 Å². The van der Waals surface area contributed by atoms with E-state index in [9.17, 15) is 13.2 Å². The van der Waals surface area contributed by atoms with Gasteiger partial charge in [0, 0.05) is 0 Å². The molecule has 2 rings (SSSR count). The second kappa shape index (κ2) is 8.12. The van der Waals surface area contributed by atoms with Gasteiger partial charge in [-0.2, -0.15) is 0 Å². The Balaban J connectivity index is 2.38. The molecule has 1 aromatic carbocycles. The highest BCUT2D eigenvalue weighted by Gasteiger charge is 2.58. The van der Waals surface area contributed by atoms with E-state index in [2.05, 4.69) is 48.1 Å². The van der Waals surface area contributed by atoms with Crippen molar-refractivity contribution in [2.45, 2.75) is 82.1 Å². The Morgan fingerprint density at radius 3 is 1.89 bits per heavy atom. The molecule has 1 saturated heterocycles. The molecule has 0 saturated carbocycles. The van der Waals surface area contributed by atoms with Gasteiger partial charge in [-0.25, -0.2) is 12.7 Å². The largest absolute Gasteiger partial charge is 0.402 e. The predicted molar refractivity (Wildman–Crippen MR) is 115 cm³/mol. The summed E-state index contributed by atoms with van der Waals surface area (Å²) in [5.74, 6) is -0.496. The van der Waals surface area contributed by atoms with E-state index in [0.717, 1.165) is 9.87 Å². The Hall–Kier alpha value is -1.44. The van der Waals surface area contributed by atoms with Crippen LogP contribution in [0.5, 0.6) is 0 Å². The van der Waals surface area contributed by atoms with Crippen LogP contribution in [-0.4, -0.2) is 39.1 Å². The van der Waals surface area contributed by atoms with E-state index in [-0.39, 0.29) is 4.90 Å². The summed E-state index contributed by atoms with van der Waals surface area (Å²) < 4.78 is 33.6. The van der Waals surface area contributed by atoms with Gasteiger partial charge in [-0.1, -0.05) is 65.3 Å². The summed E-state index contributed by atoms with van der Waals surface area (Å²) in [6.45, 7) is 18.5. The minimum atomic E-state index is -3.93. The molecule has 7 heteroatoms. The van der Waals surface area contributed by atoms with Gasteiger partial charge in [0.1, 0.15) is 6.04 Å². The topological polar surface area (TPSA) is 63.7 Å². The van der Waals surface area contributed by atoms with Crippen LogP contribution in [0.2, 0.25) is 16.6 Å². The minimum Gasteiger partial charge on any atom is -0.402 e. The number of amides is 1. The van der Waals surface area contributed by atoms with Crippen molar-refractivity contribution in [3.63, 3.8) is 0 Å². The van der Waals surface area contributed by atoms with Crippen molar-refractivity contribution in [1.82, 2.24) is 4.31 Å². The summed E-state index contributed by atoms with van der Waals surface area (Å²) in [5, 5.41) is 0. The SMILES string of the molecule is C=C[C@H]1[C@@H](O[Si](C(C)C)(C(C)C)C(C)C)C(=O)N1S(=O)(=O)c1ccc(C)cc1. The summed E-state index contributed by atoms with van der Waals surface area (Å²) >= 11 is 0. The van der Waals surface area contributed by atoms with Crippen molar-refractivity contribution in [1.29, 1.82) is 0 Å². The first kappa shape index (κ1) is 22.8. The number of benzene rings is 1. The standard InChI is InChI=1S/C21H33NO4SSi/c1-9-19-20(26-28(14(2)3,15(4)5)16(6)7)21(23)22(19)27(24,25)18-12-10-17(8)11-13-18/h9-16,19-20H,1H2,2-8H3/t19-,20+/m0/s1. The highest BCUT2D eigenvalue weighted by molar-refractivity contribution is 7.89. The molecule has 1 amide bonds. The van der Waals surface area contributed by atoms with Crippen molar-refractivity contribution >= 4 is 24.2 Å². The van der Waals surface area contributed by atoms with E-state index in [1.165, 1.54) is 18.2 Å². The van der Waals surface area contributed by atoms with Gasteiger partial charge in [-0.15, -0.1) is 6.58 Å². The van der Waals surface area contributed by atoms with Gasteiger partial charge in [0.15, 0.2) is 6.10 Å². The molecular weight excluding hydrogens is 390 g/mol. The Kier molecular flexibility index (Phi) is 6.63. The first-order valence-electron chi connectivity index (χ1n) is 9.86. The zero-order valence-corrected chi connectivity index (χ0v) is 19.8. The molecule has 2 atom stereocenters. The third-order valence-corrected chi connectivity index (χ3v) is 13.8. The lowest BCUT2D eigenvalue weighted by molar-refractivity contribution is -0.150. The van der Waals surface area contributed by atoms with E-state index in [1.807, 2.05) is 6.92 Å². The van der Waals surface area contributed by atoms with Gasteiger partial charge >= 0.3 is 0 Å². The second-order valence-electron chi connectivity index (χ2n) is 8.53. The van der Waals surface area contributed by atoms with Gasteiger partial charge in [-0.3, -0.25) is 4.79 Å². The molecule has 0 unspecified atom stereocenters. The first-order chi connectivity index (χ1) is 12.9. The maximum absolute atomic E-state index is 13.0. The van der Waals surface area contributed by atoms with E-state index in [1.54, 1.807) is 12.1 Å². The van der Waals surface area contributed by atoms with Crippen molar-refractivity contribution < 1.29 is 17.6 Å². The Morgan fingerprint density at radius 1 is 1.04 bits per heavy atom. The normalized spacial score (nSPS) is 20.8. The highest BCUT2D eigenvalue weighted by Crippen LogP contribution is 2.45. The van der Waals surface area contributed by atoms with Gasteiger partial charge in [0.25, 0.3) is 15.9 Å². The average molecular weight is 424 g/mol. The molecule has 1 aliphatic heterocycles. The molecule has 0 aromatic heterocycles. The van der Waals surface area contributed by atoms with Crippen LogP contribution in [0, 0.1) is 6.92 Å². The molecule has 0 aliphatic carbocycles. The number of hydrogen-bond acceptors (Lipinski definition) is 4. The van der Waals surface area contributed by atoms with Crippen molar-refractivity contribution in [2.75, 3.05) is 0 Å². The molecule has 0 radical (unpaired) electrons. The van der Waals surface area contributed by atoms with Crippen LogP contribution >= 0.6 is 0 Å². The van der Waals surface area contributed by atoms with Crippen LogP contribution in [0.15, 0.2) is 41.8 Å². The van der Waals surface area contributed by atoms with Crippen LogP contribution in [0.4, 0.5) is 0 Å². The number of β-lactam (4-membered cyclic amide) rings is 1. The van der Waals surface area contributed by atoms with Gasteiger partial charge < -0.3 is 4.43 Å². The quantitative estimate of drug-likeness (QED) is 0.347. The van der Waals surface area contributed by atoms with Gasteiger partial charge in [0.05, 0.1) is 4.90 Å². The molecule has 28 heavy (non-hydrogen) atoms. The molecule has 1 fully saturated rings. The van der Waals surface area contributed by atoms with Crippen molar-refractivity contribution in [2.24, 2.45) is 0 Å². The van der Waals surface area contributed by atoms with E-state index >= 15 is 0 Å². The van der Waals surface area contributed by atoms with Gasteiger partial charge in [-0.05, 0) is 35.7 Å². The highest BCUT2D eigenvalue weighted by atomic mass is 32.2. The average Bonchev–Trinajstić information content (AvgIpc) is 2.59. The molecular formula is C21H33NO4SSi. The lowest BCUT2D eigenvalue weighted by atomic mass is 10.0. The monoisotopic (exact) mass is 423 g/mol. The lowest BCUT2D eigenvalue weighted by Crippen LogP contribution is -2.69. The summed E-state index contributed by atoms with van der Waals surface area (Å²) in [6, 6.07) is 5.83. The number of nitrogens with zero attached hydrogens (tertiary/aromatic N) is 1. The van der Waals surface area contributed by atoms with Crippen molar-refractivity contribution in [3.8, 4) is 0 Å². The molecule has 5 nitrogen and oxygen atoms in total. The minimum absolute atomic E-state index is 0.108. The van der Waals surface area contributed by atoms with Gasteiger partial charge in [0.2, 0.25) is 8.32 Å². The Morgan fingerprint density at radius 2 is 1.50 bits per heavy atom. The summed E-state index contributed by atoms with van der Waals surface area (Å²) in [4.78, 5) is 13.1. The lowest BCUT2D eigenvalue weighted by Gasteiger charge is -2.51. The molecule has 1 aliphatic rings. The zero-order valence-electron chi connectivity index (χ0n) is 18.0. The molecule has 156 valence electrons. The maximum atomic E-state index is 13.0. The number of carbonyl (C=O) groups is 1. The Bertz CT molecular complexity index is 809. The first-order valence-corrected chi connectivity index (χ1v) is 13.4. The summed E-state index contributed by atoms with van der Waals surface area (Å²) in [6.07, 6.45) is 0.731. The number of aryl methyl sites for hydroxylation is 1. The number of carbonyl (C=O) groups excluding carboxylic acids is 1. The van der Waals surface area contributed by atoms with Crippen LogP contribution < -0.4 is 0 Å². The number of rotatable bonds is 8. The summed E-state index contributed by atoms with van der Waals surface area (Å²) in [5.41, 5.74) is 1.85. The van der Waals surface area contributed by atoms with Crippen LogP contribution in [-0.2, 0) is 19.2 Å². The zero-order chi connectivity index (χ0) is 21.4. The fourth-order valence-corrected chi connectivity index (χ4v) is 11.6.